The van der Waals surface area contributed by atoms with Crippen molar-refractivity contribution in [3.63, 3.8) is 0 Å². The highest BCUT2D eigenvalue weighted by Crippen LogP contribution is 2.52. The highest BCUT2D eigenvalue weighted by Gasteiger charge is 2.71. The van der Waals surface area contributed by atoms with Crippen LogP contribution < -0.4 is 11.5 Å². The van der Waals surface area contributed by atoms with Crippen LogP contribution in [0.2, 0.25) is 0 Å². The zero-order valence-electron chi connectivity index (χ0n) is 10.8. The number of nitrogens with two attached hydrogens (primary N) is 2. The van der Waals surface area contributed by atoms with Crippen LogP contribution >= 0.6 is 0 Å². The Labute approximate surface area is 116 Å². The van der Waals surface area contributed by atoms with Crippen LogP contribution in [0, 0.1) is 5.82 Å². The molecule has 1 aromatic carbocycles. The molecule has 0 bridgehead atoms. The molecule has 0 amide bonds. The first kappa shape index (κ1) is 15.5. The van der Waals surface area contributed by atoms with Crippen LogP contribution in [0.1, 0.15) is 12.5 Å². The minimum absolute atomic E-state index is 0.0449. The van der Waals surface area contributed by atoms with Gasteiger partial charge in [-0.15, -0.1) is 0 Å². The third-order valence-corrected chi connectivity index (χ3v) is 3.29. The molecule has 0 radical (unpaired) electrons. The average Bonchev–Trinajstić information content (AvgIpc) is 2.36. The smallest absolute Gasteiger partial charge is 0.399 e. The predicted octanol–water partition coefficient (Wildman–Crippen LogP) is 2.24. The van der Waals surface area contributed by atoms with Crippen LogP contribution in [0.5, 0.6) is 0 Å². The van der Waals surface area contributed by atoms with Gasteiger partial charge in [0.2, 0.25) is 0 Å². The number of benzene rings is 1. The highest BCUT2D eigenvalue weighted by atomic mass is 19.4. The molecule has 0 fully saturated rings. The first-order valence-electron chi connectivity index (χ1n) is 5.80. The summed E-state index contributed by atoms with van der Waals surface area (Å²) in [5, 5.41) is 0. The molecule has 2 unspecified atom stereocenters. The van der Waals surface area contributed by atoms with Gasteiger partial charge < -0.3 is 16.2 Å². The van der Waals surface area contributed by atoms with Crippen molar-refractivity contribution in [2.75, 3.05) is 12.3 Å². The minimum Gasteiger partial charge on any atom is -0.399 e. The maximum Gasteiger partial charge on any atom is 0.451 e. The van der Waals surface area contributed by atoms with Crippen molar-refractivity contribution in [3.8, 4) is 0 Å². The molecule has 21 heavy (non-hydrogen) atoms. The van der Waals surface area contributed by atoms with Gasteiger partial charge in [-0.25, -0.2) is 4.39 Å². The van der Waals surface area contributed by atoms with E-state index in [2.05, 4.69) is 9.73 Å². The number of anilines is 1. The fourth-order valence-corrected chi connectivity index (χ4v) is 2.21. The molecule has 0 aromatic heterocycles. The standard InChI is InChI=1S/C12H12F5N3O/c1-10(7-4-6(18)2-3-8(7)13)11(14,12(15,16)17)21-5-9(19)20-10/h2-4H,5,18H2,1H3,(H2,19,20). The van der Waals surface area contributed by atoms with E-state index in [1.807, 2.05) is 0 Å². The highest BCUT2D eigenvalue weighted by molar-refractivity contribution is 5.83. The van der Waals surface area contributed by atoms with Crippen molar-refractivity contribution in [3.05, 3.63) is 29.6 Å². The molecular formula is C12H12F5N3O. The maximum atomic E-state index is 14.6. The van der Waals surface area contributed by atoms with E-state index in [1.54, 1.807) is 0 Å². The van der Waals surface area contributed by atoms with Crippen LogP contribution in [0.25, 0.3) is 0 Å². The summed E-state index contributed by atoms with van der Waals surface area (Å²) in [5.41, 5.74) is 7.29. The Bertz CT molecular complexity index is 603. The number of aliphatic imine (C=N–C) groups is 1. The first-order valence-corrected chi connectivity index (χ1v) is 5.80. The summed E-state index contributed by atoms with van der Waals surface area (Å²) in [4.78, 5) is 3.48. The van der Waals surface area contributed by atoms with Crippen molar-refractivity contribution in [1.82, 2.24) is 0 Å². The Kier molecular flexibility index (Phi) is 3.36. The molecular weight excluding hydrogens is 297 g/mol. The molecule has 0 spiro atoms. The number of halogens is 5. The molecule has 0 aliphatic carbocycles. The number of nitrogen functional groups attached to an aromatic ring is 1. The van der Waals surface area contributed by atoms with Gasteiger partial charge in [0, 0.05) is 11.3 Å². The number of amidine groups is 1. The van der Waals surface area contributed by atoms with Crippen LogP contribution in [0.3, 0.4) is 0 Å². The quantitative estimate of drug-likeness (QED) is 0.617. The lowest BCUT2D eigenvalue weighted by molar-refractivity contribution is -0.357. The Morgan fingerprint density at radius 1 is 1.29 bits per heavy atom. The summed E-state index contributed by atoms with van der Waals surface area (Å²) in [5.74, 6) is -5.70. The normalized spacial score (nSPS) is 30.1. The number of hydrogen-bond donors (Lipinski definition) is 2. The Morgan fingerprint density at radius 2 is 1.90 bits per heavy atom. The van der Waals surface area contributed by atoms with E-state index >= 15 is 0 Å². The molecule has 1 heterocycles. The van der Waals surface area contributed by atoms with Gasteiger partial charge in [0.05, 0.1) is 0 Å². The largest absolute Gasteiger partial charge is 0.451 e. The second kappa shape index (κ2) is 4.55. The Balaban J connectivity index is 2.74. The molecule has 2 atom stereocenters. The summed E-state index contributed by atoms with van der Waals surface area (Å²) in [6.07, 6.45) is -5.44. The molecule has 4 nitrogen and oxygen atoms in total. The molecule has 2 rings (SSSR count). The lowest BCUT2D eigenvalue weighted by atomic mass is 9.83. The van der Waals surface area contributed by atoms with E-state index in [0.29, 0.717) is 0 Å². The lowest BCUT2D eigenvalue weighted by Crippen LogP contribution is -2.61. The van der Waals surface area contributed by atoms with Crippen molar-refractivity contribution in [2.24, 2.45) is 10.7 Å². The summed E-state index contributed by atoms with van der Waals surface area (Å²) in [6, 6.07) is 2.83. The second-order valence-electron chi connectivity index (χ2n) is 4.80. The summed E-state index contributed by atoms with van der Waals surface area (Å²) >= 11 is 0. The number of nitrogens with zero attached hydrogens (tertiary/aromatic N) is 1. The van der Waals surface area contributed by atoms with E-state index in [9.17, 15) is 22.0 Å². The topological polar surface area (TPSA) is 73.6 Å². The van der Waals surface area contributed by atoms with Crippen molar-refractivity contribution >= 4 is 11.5 Å². The summed E-state index contributed by atoms with van der Waals surface area (Å²) in [6.45, 7) is -0.0973. The molecule has 1 aromatic rings. The van der Waals surface area contributed by atoms with Gasteiger partial charge in [-0.2, -0.15) is 17.6 Å². The molecule has 116 valence electrons. The van der Waals surface area contributed by atoms with Gasteiger partial charge in [-0.1, -0.05) is 0 Å². The predicted molar refractivity (Wildman–Crippen MR) is 65.6 cm³/mol. The summed E-state index contributed by atoms with van der Waals surface area (Å²) in [7, 11) is 0. The molecule has 0 saturated carbocycles. The minimum atomic E-state index is -5.44. The Hall–Kier alpha value is -1.90. The summed E-state index contributed by atoms with van der Waals surface area (Å²) < 4.78 is 72.0. The van der Waals surface area contributed by atoms with E-state index in [1.165, 1.54) is 0 Å². The monoisotopic (exact) mass is 309 g/mol. The molecule has 0 saturated heterocycles. The van der Waals surface area contributed by atoms with Crippen molar-refractivity contribution < 1.29 is 26.7 Å². The third-order valence-electron chi connectivity index (χ3n) is 3.29. The fourth-order valence-electron chi connectivity index (χ4n) is 2.21. The van der Waals surface area contributed by atoms with E-state index < -0.39 is 35.6 Å². The van der Waals surface area contributed by atoms with Crippen LogP contribution in [-0.4, -0.2) is 24.5 Å². The Morgan fingerprint density at radius 3 is 2.48 bits per heavy atom. The first-order chi connectivity index (χ1) is 9.51. The van der Waals surface area contributed by atoms with E-state index in [0.717, 1.165) is 25.1 Å². The SMILES string of the molecule is CC1(c2cc(N)ccc2F)N=C(N)COC1(F)C(F)(F)F. The zero-order valence-corrected chi connectivity index (χ0v) is 10.8. The van der Waals surface area contributed by atoms with Crippen LogP contribution in [0.4, 0.5) is 27.6 Å². The number of rotatable bonds is 1. The fraction of sp³-hybridized carbons (Fsp3) is 0.417. The lowest BCUT2D eigenvalue weighted by Gasteiger charge is -2.43. The van der Waals surface area contributed by atoms with Crippen LogP contribution in [0.15, 0.2) is 23.2 Å². The zero-order chi connectivity index (χ0) is 16.1. The van der Waals surface area contributed by atoms with E-state index in [-0.39, 0.29) is 11.5 Å². The molecule has 9 heteroatoms. The number of hydrogen-bond acceptors (Lipinski definition) is 4. The maximum absolute atomic E-state index is 14.6. The van der Waals surface area contributed by atoms with Gasteiger partial charge in [-0.3, -0.25) is 4.99 Å². The number of ether oxygens (including phenoxy) is 1. The molecule has 4 N–H and O–H groups in total. The second-order valence-corrected chi connectivity index (χ2v) is 4.80. The van der Waals surface area contributed by atoms with Gasteiger partial charge in [0.1, 0.15) is 18.3 Å². The molecule has 1 aliphatic rings. The van der Waals surface area contributed by atoms with Gasteiger partial charge in [0.25, 0.3) is 0 Å². The van der Waals surface area contributed by atoms with Crippen molar-refractivity contribution in [2.45, 2.75) is 24.5 Å². The average molecular weight is 309 g/mol. The van der Waals surface area contributed by atoms with E-state index in [4.69, 9.17) is 11.5 Å². The van der Waals surface area contributed by atoms with Gasteiger partial charge >= 0.3 is 12.0 Å². The van der Waals surface area contributed by atoms with Crippen LogP contribution in [-0.2, 0) is 10.3 Å². The van der Waals surface area contributed by atoms with Crippen molar-refractivity contribution in [1.29, 1.82) is 0 Å². The van der Waals surface area contributed by atoms with Gasteiger partial charge in [-0.05, 0) is 25.1 Å². The van der Waals surface area contributed by atoms with Gasteiger partial charge in [0.15, 0.2) is 5.54 Å². The number of alkyl halides is 4. The molecule has 1 aliphatic heterocycles. The third kappa shape index (κ3) is 2.21.